The van der Waals surface area contributed by atoms with Crippen molar-refractivity contribution < 1.29 is 9.59 Å². The normalized spacial score (nSPS) is 11.7. The minimum atomic E-state index is -0.543. The Hall–Kier alpha value is -1.50. The Labute approximate surface area is 190 Å². The number of amides is 2. The molecule has 7 heteroatoms. The smallest absolute Gasteiger partial charge is 0.242 e. The summed E-state index contributed by atoms with van der Waals surface area (Å²) in [6.45, 7) is 4.77. The third-order valence-electron chi connectivity index (χ3n) is 4.42. The predicted octanol–water partition coefficient (Wildman–Crippen LogP) is 5.28. The summed E-state index contributed by atoms with van der Waals surface area (Å²) in [6.07, 6.45) is 0.854. The lowest BCUT2D eigenvalue weighted by molar-refractivity contribution is -0.138. The molecule has 1 atom stereocenters. The molecule has 0 saturated heterocycles. The van der Waals surface area contributed by atoms with Crippen molar-refractivity contribution in [2.24, 2.45) is 0 Å². The molecule has 0 heterocycles. The summed E-state index contributed by atoms with van der Waals surface area (Å²) in [5.74, 6) is 0.735. The second kappa shape index (κ2) is 12.3. The summed E-state index contributed by atoms with van der Waals surface area (Å²) >= 11 is 11.1. The van der Waals surface area contributed by atoms with E-state index < -0.39 is 6.04 Å². The summed E-state index contributed by atoms with van der Waals surface area (Å²) in [6, 6.07) is 14.9. The first-order valence-electron chi connectivity index (χ1n) is 9.55. The number of nitrogens with one attached hydrogen (secondary N) is 1. The van der Waals surface area contributed by atoms with Gasteiger partial charge in [0.1, 0.15) is 6.04 Å². The van der Waals surface area contributed by atoms with Crippen LogP contribution in [0.25, 0.3) is 0 Å². The maximum atomic E-state index is 13.0. The van der Waals surface area contributed by atoms with Crippen LogP contribution in [-0.4, -0.2) is 35.1 Å². The lowest BCUT2D eigenvalue weighted by Crippen LogP contribution is -2.48. The standard InChI is InChI=1S/C22H26BrClN2O2S/c1-3-12-25-22(28)16(2)26(13-17-8-10-19(23)11-9-17)21(27)15-29-14-18-6-4-5-7-20(18)24/h4-11,16H,3,12-15H2,1-2H3,(H,25,28)/t16-/m1/s1. The Bertz CT molecular complexity index is 817. The molecule has 4 nitrogen and oxygen atoms in total. The van der Waals surface area contributed by atoms with Crippen molar-refractivity contribution in [3.8, 4) is 0 Å². The first-order chi connectivity index (χ1) is 13.9. The van der Waals surface area contributed by atoms with Crippen LogP contribution in [0.3, 0.4) is 0 Å². The van der Waals surface area contributed by atoms with Gasteiger partial charge in [0.25, 0.3) is 0 Å². The summed E-state index contributed by atoms with van der Waals surface area (Å²) in [4.78, 5) is 27.1. The van der Waals surface area contributed by atoms with Gasteiger partial charge in [-0.2, -0.15) is 0 Å². The maximum Gasteiger partial charge on any atom is 0.242 e. The van der Waals surface area contributed by atoms with Crippen molar-refractivity contribution >= 4 is 51.1 Å². The molecule has 2 aromatic carbocycles. The van der Waals surface area contributed by atoms with E-state index in [0.717, 1.165) is 22.0 Å². The molecule has 0 aliphatic rings. The van der Waals surface area contributed by atoms with Crippen LogP contribution in [0.2, 0.25) is 5.02 Å². The van der Waals surface area contributed by atoms with Crippen LogP contribution < -0.4 is 5.32 Å². The van der Waals surface area contributed by atoms with Gasteiger partial charge < -0.3 is 10.2 Å². The fourth-order valence-electron chi connectivity index (χ4n) is 2.71. The topological polar surface area (TPSA) is 49.4 Å². The Kier molecular flexibility index (Phi) is 10.0. The number of hydrogen-bond donors (Lipinski definition) is 1. The van der Waals surface area contributed by atoms with Gasteiger partial charge in [-0.05, 0) is 42.7 Å². The average molecular weight is 498 g/mol. The lowest BCUT2D eigenvalue weighted by atomic mass is 10.1. The van der Waals surface area contributed by atoms with E-state index in [-0.39, 0.29) is 17.6 Å². The predicted molar refractivity (Wildman–Crippen MR) is 125 cm³/mol. The molecule has 2 aromatic rings. The minimum absolute atomic E-state index is 0.0656. The van der Waals surface area contributed by atoms with Crippen molar-refractivity contribution in [2.75, 3.05) is 12.3 Å². The molecular weight excluding hydrogens is 472 g/mol. The highest BCUT2D eigenvalue weighted by atomic mass is 79.9. The Morgan fingerprint density at radius 2 is 1.86 bits per heavy atom. The van der Waals surface area contributed by atoms with Crippen LogP contribution in [0.4, 0.5) is 0 Å². The highest BCUT2D eigenvalue weighted by molar-refractivity contribution is 9.10. The van der Waals surface area contributed by atoms with Gasteiger partial charge in [0, 0.05) is 28.3 Å². The molecule has 0 aromatic heterocycles. The third kappa shape index (κ3) is 7.68. The number of thioether (sulfide) groups is 1. The molecular formula is C22H26BrClN2O2S. The number of benzene rings is 2. The highest BCUT2D eigenvalue weighted by Crippen LogP contribution is 2.22. The van der Waals surface area contributed by atoms with Gasteiger partial charge in [0.05, 0.1) is 5.75 Å². The molecule has 0 saturated carbocycles. The van der Waals surface area contributed by atoms with Crippen molar-refractivity contribution in [1.29, 1.82) is 0 Å². The zero-order valence-electron chi connectivity index (χ0n) is 16.7. The van der Waals surface area contributed by atoms with Crippen LogP contribution in [0.5, 0.6) is 0 Å². The molecule has 0 aliphatic heterocycles. The summed E-state index contributed by atoms with van der Waals surface area (Å²) in [7, 11) is 0. The van der Waals surface area contributed by atoms with E-state index in [2.05, 4.69) is 21.2 Å². The van der Waals surface area contributed by atoms with Gasteiger partial charge >= 0.3 is 0 Å². The zero-order valence-corrected chi connectivity index (χ0v) is 19.8. The SMILES string of the molecule is CCCNC(=O)[C@@H](C)N(Cc1ccc(Br)cc1)C(=O)CSCc1ccccc1Cl. The monoisotopic (exact) mass is 496 g/mol. The second-order valence-electron chi connectivity index (χ2n) is 6.70. The first kappa shape index (κ1) is 23.8. The van der Waals surface area contributed by atoms with E-state index in [1.54, 1.807) is 11.8 Å². The fraction of sp³-hybridized carbons (Fsp3) is 0.364. The quantitative estimate of drug-likeness (QED) is 0.486. The maximum absolute atomic E-state index is 13.0. The van der Waals surface area contributed by atoms with Crippen molar-refractivity contribution in [1.82, 2.24) is 10.2 Å². The highest BCUT2D eigenvalue weighted by Gasteiger charge is 2.25. The van der Waals surface area contributed by atoms with E-state index >= 15 is 0 Å². The van der Waals surface area contributed by atoms with Gasteiger partial charge in [0.2, 0.25) is 11.8 Å². The van der Waals surface area contributed by atoms with Gasteiger partial charge in [-0.15, -0.1) is 11.8 Å². The van der Waals surface area contributed by atoms with Crippen LogP contribution in [0, 0.1) is 0 Å². The van der Waals surface area contributed by atoms with Crippen molar-refractivity contribution in [2.45, 2.75) is 38.6 Å². The van der Waals surface area contributed by atoms with Crippen LogP contribution >= 0.6 is 39.3 Å². The molecule has 1 N–H and O–H groups in total. The molecule has 0 spiro atoms. The number of halogens is 2. The van der Waals surface area contributed by atoms with Crippen molar-refractivity contribution in [3.63, 3.8) is 0 Å². The number of nitrogens with zero attached hydrogens (tertiary/aromatic N) is 1. The Morgan fingerprint density at radius 1 is 1.17 bits per heavy atom. The van der Waals surface area contributed by atoms with E-state index in [4.69, 9.17) is 11.6 Å². The molecule has 0 bridgehead atoms. The van der Waals surface area contributed by atoms with Gasteiger partial charge in [-0.25, -0.2) is 0 Å². The van der Waals surface area contributed by atoms with E-state index in [1.165, 1.54) is 11.8 Å². The zero-order chi connectivity index (χ0) is 21.2. The fourth-order valence-corrected chi connectivity index (χ4v) is 4.17. The third-order valence-corrected chi connectivity index (χ3v) is 6.29. The van der Waals surface area contributed by atoms with E-state index in [1.807, 2.05) is 55.5 Å². The van der Waals surface area contributed by atoms with Crippen LogP contribution in [0.1, 0.15) is 31.4 Å². The van der Waals surface area contributed by atoms with Crippen LogP contribution in [0.15, 0.2) is 53.0 Å². The second-order valence-corrected chi connectivity index (χ2v) is 9.01. The molecule has 29 heavy (non-hydrogen) atoms. The number of carbonyl (C=O) groups excluding carboxylic acids is 2. The first-order valence-corrected chi connectivity index (χ1v) is 11.9. The molecule has 2 rings (SSSR count). The summed E-state index contributed by atoms with van der Waals surface area (Å²) < 4.78 is 0.975. The van der Waals surface area contributed by atoms with E-state index in [9.17, 15) is 9.59 Å². The molecule has 0 radical (unpaired) electrons. The Morgan fingerprint density at radius 3 is 2.52 bits per heavy atom. The molecule has 0 aliphatic carbocycles. The average Bonchev–Trinajstić information content (AvgIpc) is 2.72. The molecule has 156 valence electrons. The number of carbonyl (C=O) groups is 2. The largest absolute Gasteiger partial charge is 0.354 e. The summed E-state index contributed by atoms with van der Waals surface area (Å²) in [5.41, 5.74) is 1.98. The summed E-state index contributed by atoms with van der Waals surface area (Å²) in [5, 5.41) is 3.59. The van der Waals surface area contributed by atoms with E-state index in [0.29, 0.717) is 23.9 Å². The van der Waals surface area contributed by atoms with Gasteiger partial charge in [-0.3, -0.25) is 9.59 Å². The number of rotatable bonds is 10. The van der Waals surface area contributed by atoms with Gasteiger partial charge in [0.15, 0.2) is 0 Å². The van der Waals surface area contributed by atoms with Crippen LogP contribution in [-0.2, 0) is 21.9 Å². The van der Waals surface area contributed by atoms with Gasteiger partial charge in [-0.1, -0.05) is 64.8 Å². The molecule has 0 fully saturated rings. The van der Waals surface area contributed by atoms with Crippen molar-refractivity contribution in [3.05, 3.63) is 69.2 Å². The lowest BCUT2D eigenvalue weighted by Gasteiger charge is -2.28. The molecule has 2 amide bonds. The minimum Gasteiger partial charge on any atom is -0.354 e. The molecule has 0 unspecified atom stereocenters. The Balaban J connectivity index is 2.05. The number of hydrogen-bond acceptors (Lipinski definition) is 3.